The van der Waals surface area contributed by atoms with Crippen molar-refractivity contribution >= 4 is 35.5 Å². The van der Waals surface area contributed by atoms with Gasteiger partial charge in [-0.2, -0.15) is 0 Å². The van der Waals surface area contributed by atoms with E-state index in [2.05, 4.69) is 46.8 Å². The molecule has 0 radical (unpaired) electrons. The lowest BCUT2D eigenvalue weighted by molar-refractivity contribution is -0.116. The van der Waals surface area contributed by atoms with Crippen LogP contribution in [-0.4, -0.2) is 55.7 Å². The van der Waals surface area contributed by atoms with Crippen molar-refractivity contribution in [1.29, 1.82) is 0 Å². The molecule has 1 aromatic heterocycles. The third-order valence-corrected chi connectivity index (χ3v) is 5.29. The first kappa shape index (κ1) is 34.0. The number of aryl methyl sites for hydroxylation is 2. The predicted molar refractivity (Wildman–Crippen MR) is 163 cm³/mol. The first-order chi connectivity index (χ1) is 19.1. The van der Waals surface area contributed by atoms with E-state index in [-0.39, 0.29) is 11.8 Å². The van der Waals surface area contributed by atoms with E-state index in [4.69, 9.17) is 11.6 Å². The lowest BCUT2D eigenvalue weighted by atomic mass is 10.0. The number of carbonyl (C=O) groups is 3. The molecule has 3 aromatic rings. The molecule has 0 aliphatic rings. The number of aldehydes is 1. The van der Waals surface area contributed by atoms with Crippen molar-refractivity contribution in [3.63, 3.8) is 0 Å². The predicted octanol–water partition coefficient (Wildman–Crippen LogP) is 5.03. The Bertz CT molecular complexity index is 1310. The summed E-state index contributed by atoms with van der Waals surface area (Å²) in [6, 6.07) is 14.2. The molecule has 0 aliphatic heterocycles. The minimum absolute atomic E-state index is 0.126. The number of pyridine rings is 1. The molecule has 0 fully saturated rings. The Labute approximate surface area is 242 Å². The van der Waals surface area contributed by atoms with Crippen LogP contribution in [0.5, 0.6) is 0 Å². The molecule has 0 saturated carbocycles. The Morgan fingerprint density at radius 3 is 2.25 bits per heavy atom. The van der Waals surface area contributed by atoms with E-state index in [0.29, 0.717) is 34.1 Å². The van der Waals surface area contributed by atoms with Crippen LogP contribution in [0.1, 0.15) is 63.2 Å². The molecular weight excluding hydrogens is 526 g/mol. The highest BCUT2D eigenvalue weighted by atomic mass is 35.5. The molecule has 2 aromatic carbocycles. The molecule has 0 bridgehead atoms. The molecule has 1 heterocycles. The van der Waals surface area contributed by atoms with Gasteiger partial charge in [0, 0.05) is 35.5 Å². The molecule has 212 valence electrons. The van der Waals surface area contributed by atoms with Crippen molar-refractivity contribution in [2.45, 2.75) is 34.1 Å². The van der Waals surface area contributed by atoms with E-state index in [1.165, 1.54) is 6.42 Å². The number of aromatic nitrogens is 1. The summed E-state index contributed by atoms with van der Waals surface area (Å²) in [7, 11) is 5.28. The van der Waals surface area contributed by atoms with Gasteiger partial charge in [-0.15, -0.1) is 0 Å². The number of likely N-dealkylation sites (N-methyl/N-ethyl adjacent to an activating group) is 1. The average molecular weight is 564 g/mol. The molecular formula is C31H38ClN5O3. The van der Waals surface area contributed by atoms with E-state index in [0.717, 1.165) is 23.0 Å². The number of hydrazine groups is 1. The van der Waals surface area contributed by atoms with Gasteiger partial charge in [0.25, 0.3) is 5.91 Å². The number of anilines is 1. The fraction of sp³-hybridized carbons (Fsp3) is 0.290. The zero-order valence-electron chi connectivity index (χ0n) is 24.2. The number of rotatable bonds is 6. The summed E-state index contributed by atoms with van der Waals surface area (Å²) in [6.45, 7) is 8.33. The Morgan fingerprint density at radius 1 is 1.02 bits per heavy atom. The quantitative estimate of drug-likeness (QED) is 0.221. The lowest BCUT2D eigenvalue weighted by Gasteiger charge is -2.09. The molecule has 9 heteroatoms. The topological polar surface area (TPSA) is 103 Å². The smallest absolute Gasteiger partial charge is 0.265 e. The number of nitrogens with one attached hydrogen (secondary N) is 3. The number of halogens is 1. The largest absolute Gasteiger partial charge is 0.310 e. The van der Waals surface area contributed by atoms with E-state index in [1.807, 2.05) is 46.1 Å². The zero-order valence-corrected chi connectivity index (χ0v) is 24.9. The van der Waals surface area contributed by atoms with Gasteiger partial charge < -0.3 is 10.2 Å². The van der Waals surface area contributed by atoms with Gasteiger partial charge in [-0.05, 0) is 69.4 Å². The van der Waals surface area contributed by atoms with Gasteiger partial charge in [0.2, 0.25) is 5.91 Å². The summed E-state index contributed by atoms with van der Waals surface area (Å²) in [5.74, 6) is 6.23. The van der Waals surface area contributed by atoms with Gasteiger partial charge in [-0.25, -0.2) is 10.4 Å². The van der Waals surface area contributed by atoms with Crippen LogP contribution in [0.25, 0.3) is 0 Å². The highest BCUT2D eigenvalue weighted by Gasteiger charge is 2.07. The fourth-order valence-corrected chi connectivity index (χ4v) is 3.29. The molecule has 0 aliphatic carbocycles. The first-order valence-electron chi connectivity index (χ1n) is 12.8. The minimum Gasteiger partial charge on any atom is -0.310 e. The van der Waals surface area contributed by atoms with E-state index < -0.39 is 0 Å². The van der Waals surface area contributed by atoms with Crippen LogP contribution in [0.3, 0.4) is 0 Å². The number of benzene rings is 2. The van der Waals surface area contributed by atoms with Crippen molar-refractivity contribution in [3.8, 4) is 11.8 Å². The number of hydrogen-bond acceptors (Lipinski definition) is 6. The normalized spacial score (nSPS) is 9.62. The maximum Gasteiger partial charge on any atom is 0.265 e. The highest BCUT2D eigenvalue weighted by Crippen LogP contribution is 2.16. The molecule has 3 rings (SSSR count). The molecule has 2 amide bonds. The van der Waals surface area contributed by atoms with E-state index in [1.54, 1.807) is 48.5 Å². The highest BCUT2D eigenvalue weighted by molar-refractivity contribution is 6.33. The van der Waals surface area contributed by atoms with Gasteiger partial charge in [-0.3, -0.25) is 19.8 Å². The Balaban J connectivity index is 0.000000508. The van der Waals surface area contributed by atoms with Crippen LogP contribution < -0.4 is 16.2 Å². The molecule has 8 nitrogen and oxygen atoms in total. The molecule has 0 spiro atoms. The van der Waals surface area contributed by atoms with E-state index >= 15 is 0 Å². The average Bonchev–Trinajstić information content (AvgIpc) is 2.90. The van der Waals surface area contributed by atoms with Crippen LogP contribution in [0.2, 0.25) is 5.02 Å². The first-order valence-corrected chi connectivity index (χ1v) is 13.1. The van der Waals surface area contributed by atoms with Gasteiger partial charge in [0.15, 0.2) is 6.29 Å². The maximum absolute atomic E-state index is 11.9. The molecule has 0 saturated heterocycles. The maximum atomic E-state index is 11.9. The summed E-state index contributed by atoms with van der Waals surface area (Å²) in [4.78, 5) is 40.0. The molecule has 0 atom stereocenters. The number of nitrogens with zero attached hydrogens (tertiary/aromatic N) is 2. The van der Waals surface area contributed by atoms with Crippen LogP contribution in [-0.2, 0) is 4.79 Å². The third-order valence-electron chi connectivity index (χ3n) is 4.96. The standard InChI is InChI=1S/C20H23N5O2.C8H7ClO.C3H8/c1-14-5-8-17(20(27)24-21-2)11-16(14)9-6-15-7-10-18(22-12-15)23-19(26)13-25(3)4;1-6-3-2-4-8(9)7(6)5-10;1-3-2/h5,7-8,10-12,21H,13H2,1-4H3,(H,24,27)(H,22,23,26);2-5H,1H3;3H2,1-2H3. The summed E-state index contributed by atoms with van der Waals surface area (Å²) in [6.07, 6.45) is 3.63. The molecule has 0 unspecified atom stereocenters. The van der Waals surface area contributed by atoms with Crippen molar-refractivity contribution in [2.75, 3.05) is 33.0 Å². The third kappa shape index (κ3) is 12.2. The summed E-state index contributed by atoms with van der Waals surface area (Å²) >= 11 is 5.70. The van der Waals surface area contributed by atoms with Crippen molar-refractivity contribution in [2.24, 2.45) is 0 Å². The van der Waals surface area contributed by atoms with Crippen LogP contribution in [0, 0.1) is 25.7 Å². The Hall–Kier alpha value is -4.03. The SMILES string of the molecule is CCC.CNNC(=O)c1ccc(C)c(C#Cc2ccc(NC(=O)CN(C)C)nc2)c1.Cc1cccc(Cl)c1C=O. The van der Waals surface area contributed by atoms with Gasteiger partial charge in [-0.1, -0.05) is 61.9 Å². The second-order valence-electron chi connectivity index (χ2n) is 9.00. The fourth-order valence-electron chi connectivity index (χ4n) is 3.03. The van der Waals surface area contributed by atoms with Crippen LogP contribution in [0.4, 0.5) is 5.82 Å². The van der Waals surface area contributed by atoms with Crippen LogP contribution in [0.15, 0.2) is 54.7 Å². The van der Waals surface area contributed by atoms with Gasteiger partial charge in [0.1, 0.15) is 5.82 Å². The monoisotopic (exact) mass is 563 g/mol. The van der Waals surface area contributed by atoms with Crippen molar-refractivity contribution in [1.82, 2.24) is 20.7 Å². The number of amides is 2. The lowest BCUT2D eigenvalue weighted by Crippen LogP contribution is -2.34. The Morgan fingerprint density at radius 2 is 1.73 bits per heavy atom. The summed E-state index contributed by atoms with van der Waals surface area (Å²) in [5, 5.41) is 3.25. The Kier molecular flexibility index (Phi) is 15.5. The number of carbonyl (C=O) groups excluding carboxylic acids is 3. The molecule has 3 N–H and O–H groups in total. The number of hydrogen-bond donors (Lipinski definition) is 3. The van der Waals surface area contributed by atoms with Crippen molar-refractivity contribution < 1.29 is 14.4 Å². The zero-order chi connectivity index (χ0) is 30.1. The molecule has 40 heavy (non-hydrogen) atoms. The minimum atomic E-state index is -0.222. The second-order valence-corrected chi connectivity index (χ2v) is 9.40. The van der Waals surface area contributed by atoms with Gasteiger partial charge in [0.05, 0.1) is 11.6 Å². The summed E-state index contributed by atoms with van der Waals surface area (Å²) in [5.41, 5.74) is 9.63. The van der Waals surface area contributed by atoms with Gasteiger partial charge >= 0.3 is 0 Å². The van der Waals surface area contributed by atoms with Crippen LogP contribution >= 0.6 is 11.6 Å². The summed E-state index contributed by atoms with van der Waals surface area (Å²) < 4.78 is 0. The van der Waals surface area contributed by atoms with Crippen molar-refractivity contribution in [3.05, 3.63) is 93.1 Å². The van der Waals surface area contributed by atoms with E-state index in [9.17, 15) is 14.4 Å². The second kappa shape index (κ2) is 18.3.